The van der Waals surface area contributed by atoms with Crippen LogP contribution in [0.5, 0.6) is 0 Å². The van der Waals surface area contributed by atoms with Gasteiger partial charge in [-0.05, 0) is 5.92 Å². The van der Waals surface area contributed by atoms with Crippen molar-refractivity contribution >= 4 is 10.4 Å². The van der Waals surface area contributed by atoms with E-state index in [4.69, 9.17) is 17.5 Å². The minimum absolute atomic E-state index is 0. The van der Waals surface area contributed by atoms with Gasteiger partial charge < -0.3 is 9.11 Å². The summed E-state index contributed by atoms with van der Waals surface area (Å²) in [7, 11) is -5.17. The standard InChI is InChI=1S/C4H10.2Na.H2O4S/c1-4(2)3;;;1-5(2,3)4/h4H,1-3H3;;;(H2,1,2,3,4)/q;2*+1;/p-2. The van der Waals surface area contributed by atoms with Crippen molar-refractivity contribution in [2.75, 3.05) is 0 Å². The molecule has 4 nitrogen and oxygen atoms in total. The Bertz CT molecular complexity index is 131. The predicted octanol–water partition coefficient (Wildman–Crippen LogP) is -5.67. The Morgan fingerprint density at radius 3 is 1.00 bits per heavy atom. The van der Waals surface area contributed by atoms with Crippen molar-refractivity contribution in [2.24, 2.45) is 5.92 Å². The SMILES string of the molecule is CC(C)C.O=S(=O)([O-])[O-].[Na+].[Na+]. The van der Waals surface area contributed by atoms with E-state index in [1.54, 1.807) is 0 Å². The summed E-state index contributed by atoms with van der Waals surface area (Å²) in [5.74, 6) is 0.833. The molecule has 0 saturated heterocycles. The third-order valence-corrected chi connectivity index (χ3v) is 0. The molecule has 0 aliphatic heterocycles. The van der Waals surface area contributed by atoms with Crippen molar-refractivity contribution in [2.45, 2.75) is 20.8 Å². The quantitative estimate of drug-likeness (QED) is 0.222. The van der Waals surface area contributed by atoms with Gasteiger partial charge in [0, 0.05) is 10.4 Å². The Morgan fingerprint density at radius 1 is 1.00 bits per heavy atom. The molecule has 7 heteroatoms. The third-order valence-electron chi connectivity index (χ3n) is 0. The summed E-state index contributed by atoms with van der Waals surface area (Å²) in [6.07, 6.45) is 0. The first-order valence-electron chi connectivity index (χ1n) is 2.40. The van der Waals surface area contributed by atoms with Crippen LogP contribution in [0.2, 0.25) is 0 Å². The number of hydrogen-bond donors (Lipinski definition) is 0. The van der Waals surface area contributed by atoms with Crippen LogP contribution in [0, 0.1) is 5.92 Å². The van der Waals surface area contributed by atoms with Crippen molar-refractivity contribution in [3.63, 3.8) is 0 Å². The van der Waals surface area contributed by atoms with Gasteiger partial charge >= 0.3 is 59.1 Å². The van der Waals surface area contributed by atoms with E-state index >= 15 is 0 Å². The third kappa shape index (κ3) is 331. The van der Waals surface area contributed by atoms with Gasteiger partial charge in [-0.25, -0.2) is 0 Å². The number of hydrogen-bond acceptors (Lipinski definition) is 4. The van der Waals surface area contributed by atoms with Crippen molar-refractivity contribution in [1.82, 2.24) is 0 Å². The summed E-state index contributed by atoms with van der Waals surface area (Å²) in [5, 5.41) is 0. The maximum absolute atomic E-state index is 8.52. The van der Waals surface area contributed by atoms with E-state index in [9.17, 15) is 0 Å². The molecule has 0 fully saturated rings. The summed E-state index contributed by atoms with van der Waals surface area (Å²) < 4.78 is 34.1. The van der Waals surface area contributed by atoms with Gasteiger partial charge in [-0.2, -0.15) is 0 Å². The Hall–Kier alpha value is 1.87. The second-order valence-electron chi connectivity index (χ2n) is 2.14. The molecule has 58 valence electrons. The molecule has 0 N–H and O–H groups in total. The fraction of sp³-hybridized carbons (Fsp3) is 1.00. The van der Waals surface area contributed by atoms with E-state index in [1.165, 1.54) is 0 Å². The van der Waals surface area contributed by atoms with Gasteiger partial charge in [0.1, 0.15) is 0 Å². The molecule has 0 saturated carbocycles. The van der Waals surface area contributed by atoms with Crippen LogP contribution in [0.4, 0.5) is 0 Å². The fourth-order valence-electron chi connectivity index (χ4n) is 0. The molecule has 0 radical (unpaired) electrons. The van der Waals surface area contributed by atoms with Crippen molar-refractivity contribution in [3.8, 4) is 0 Å². The molecule has 0 aliphatic carbocycles. The van der Waals surface area contributed by atoms with Crippen LogP contribution in [-0.4, -0.2) is 17.5 Å². The topological polar surface area (TPSA) is 80.3 Å². The summed E-state index contributed by atoms with van der Waals surface area (Å²) >= 11 is 0. The minimum Gasteiger partial charge on any atom is -0.759 e. The van der Waals surface area contributed by atoms with Crippen LogP contribution in [0.25, 0.3) is 0 Å². The molecule has 0 aromatic carbocycles. The summed E-state index contributed by atoms with van der Waals surface area (Å²) in [6.45, 7) is 6.50. The monoisotopic (exact) mass is 200 g/mol. The average molecular weight is 200 g/mol. The first-order valence-corrected chi connectivity index (χ1v) is 3.73. The van der Waals surface area contributed by atoms with Crippen LogP contribution in [0.15, 0.2) is 0 Å². The summed E-state index contributed by atoms with van der Waals surface area (Å²) in [4.78, 5) is 0. The van der Waals surface area contributed by atoms with Crippen LogP contribution >= 0.6 is 0 Å². The van der Waals surface area contributed by atoms with Crippen LogP contribution in [0.1, 0.15) is 20.8 Å². The second-order valence-corrected chi connectivity index (χ2v) is 2.96. The summed E-state index contributed by atoms with van der Waals surface area (Å²) in [6, 6.07) is 0. The van der Waals surface area contributed by atoms with E-state index < -0.39 is 10.4 Å². The van der Waals surface area contributed by atoms with Crippen molar-refractivity contribution in [3.05, 3.63) is 0 Å². The molecule has 0 atom stereocenters. The Kier molecular flexibility index (Phi) is 24.9. The van der Waals surface area contributed by atoms with Gasteiger partial charge in [0.2, 0.25) is 0 Å². The predicted molar refractivity (Wildman–Crippen MR) is 31.0 cm³/mol. The molecule has 0 heterocycles. The maximum Gasteiger partial charge on any atom is 1.00 e. The maximum atomic E-state index is 8.52. The van der Waals surface area contributed by atoms with Crippen LogP contribution in [-0.2, 0) is 10.4 Å². The van der Waals surface area contributed by atoms with Crippen LogP contribution < -0.4 is 59.1 Å². The molecule has 11 heavy (non-hydrogen) atoms. The molecule has 0 amide bonds. The second kappa shape index (κ2) is 11.9. The smallest absolute Gasteiger partial charge is 0.759 e. The molecule has 0 spiro atoms. The zero-order valence-corrected chi connectivity index (χ0v) is 12.4. The molecule has 0 bridgehead atoms. The first-order chi connectivity index (χ1) is 3.73. The molecule has 0 aromatic rings. The molecule has 0 unspecified atom stereocenters. The van der Waals surface area contributed by atoms with E-state index in [-0.39, 0.29) is 59.1 Å². The Balaban J connectivity index is -0.0000000383. The zero-order chi connectivity index (χ0) is 8.08. The summed E-state index contributed by atoms with van der Waals surface area (Å²) in [5.41, 5.74) is 0. The van der Waals surface area contributed by atoms with Crippen molar-refractivity contribution in [1.29, 1.82) is 0 Å². The molecule has 0 aromatic heterocycles. The number of rotatable bonds is 0. The molecule has 0 aliphatic rings. The van der Waals surface area contributed by atoms with Gasteiger partial charge in [0.05, 0.1) is 0 Å². The Morgan fingerprint density at radius 2 is 1.00 bits per heavy atom. The van der Waals surface area contributed by atoms with E-state index in [1.807, 2.05) is 0 Å². The van der Waals surface area contributed by atoms with E-state index in [0.29, 0.717) is 0 Å². The first kappa shape index (κ1) is 23.0. The van der Waals surface area contributed by atoms with Gasteiger partial charge in [-0.3, -0.25) is 8.42 Å². The zero-order valence-electron chi connectivity index (χ0n) is 7.62. The fourth-order valence-corrected chi connectivity index (χ4v) is 0. The van der Waals surface area contributed by atoms with Crippen LogP contribution in [0.3, 0.4) is 0 Å². The normalized spacial score (nSPS) is 8.55. The largest absolute Gasteiger partial charge is 1.00 e. The average Bonchev–Trinajstić information content (AvgIpc) is 1.19. The van der Waals surface area contributed by atoms with Crippen molar-refractivity contribution < 1.29 is 76.6 Å². The van der Waals surface area contributed by atoms with Gasteiger partial charge in [0.15, 0.2) is 0 Å². The Labute approximate surface area is 112 Å². The van der Waals surface area contributed by atoms with E-state index in [2.05, 4.69) is 20.8 Å². The van der Waals surface area contributed by atoms with E-state index in [0.717, 1.165) is 5.92 Å². The molecule has 0 rings (SSSR count). The van der Waals surface area contributed by atoms with Gasteiger partial charge in [-0.15, -0.1) is 0 Å². The minimum atomic E-state index is -5.17. The van der Waals surface area contributed by atoms with Gasteiger partial charge in [0.25, 0.3) is 0 Å². The van der Waals surface area contributed by atoms with Gasteiger partial charge in [-0.1, -0.05) is 20.8 Å². The molecular weight excluding hydrogens is 190 g/mol. The molecular formula is C4H10Na2O4S.